The zero-order chi connectivity index (χ0) is 13.7. The molecule has 2 amide bonds. The van der Waals surface area contributed by atoms with Crippen molar-refractivity contribution in [3.8, 4) is 0 Å². The fraction of sp³-hybridized carbons (Fsp3) is 0.857. The van der Waals surface area contributed by atoms with Gasteiger partial charge in [0.05, 0.1) is 0 Å². The summed E-state index contributed by atoms with van der Waals surface area (Å²) in [6, 6.07) is 0.158. The van der Waals surface area contributed by atoms with E-state index >= 15 is 0 Å². The van der Waals surface area contributed by atoms with Gasteiger partial charge in [-0.1, -0.05) is 6.92 Å². The van der Waals surface area contributed by atoms with Crippen LogP contribution in [0.2, 0.25) is 0 Å². The lowest BCUT2D eigenvalue weighted by Gasteiger charge is -2.34. The molecule has 5 nitrogen and oxygen atoms in total. The molecule has 0 aromatic rings. The van der Waals surface area contributed by atoms with Crippen molar-refractivity contribution < 1.29 is 9.59 Å². The number of rotatable bonds is 4. The highest BCUT2D eigenvalue weighted by molar-refractivity contribution is 5.87. The van der Waals surface area contributed by atoms with Crippen LogP contribution in [0.25, 0.3) is 0 Å². The van der Waals surface area contributed by atoms with Gasteiger partial charge < -0.3 is 15.5 Å². The van der Waals surface area contributed by atoms with Crippen molar-refractivity contribution in [1.82, 2.24) is 15.5 Å². The first-order valence-electron chi connectivity index (χ1n) is 7.53. The van der Waals surface area contributed by atoms with Crippen molar-refractivity contribution in [3.05, 3.63) is 0 Å². The maximum absolute atomic E-state index is 12.3. The molecule has 0 aliphatic carbocycles. The van der Waals surface area contributed by atoms with Gasteiger partial charge in [-0.3, -0.25) is 9.59 Å². The molecule has 20 heavy (non-hydrogen) atoms. The minimum absolute atomic E-state index is 0. The Morgan fingerprint density at radius 2 is 2.05 bits per heavy atom. The van der Waals surface area contributed by atoms with Crippen LogP contribution >= 0.6 is 12.4 Å². The largest absolute Gasteiger partial charge is 0.353 e. The van der Waals surface area contributed by atoms with Crippen molar-refractivity contribution in [2.24, 2.45) is 0 Å². The van der Waals surface area contributed by atoms with Crippen LogP contribution in [0.3, 0.4) is 0 Å². The fourth-order valence-corrected chi connectivity index (χ4v) is 2.98. The maximum atomic E-state index is 12.3. The van der Waals surface area contributed by atoms with E-state index in [1.807, 2.05) is 6.92 Å². The SMILES string of the molecule is CCC(=O)N1CCCCC1C(=O)NCC1CCCN1.Cl. The Kier molecular flexibility index (Phi) is 7.30. The summed E-state index contributed by atoms with van der Waals surface area (Å²) in [6.45, 7) is 4.31. The number of nitrogens with zero attached hydrogens (tertiary/aromatic N) is 1. The number of carbonyl (C=O) groups excluding carboxylic acids is 2. The van der Waals surface area contributed by atoms with Gasteiger partial charge in [0.25, 0.3) is 0 Å². The van der Waals surface area contributed by atoms with E-state index in [4.69, 9.17) is 0 Å². The highest BCUT2D eigenvalue weighted by Crippen LogP contribution is 2.18. The predicted molar refractivity (Wildman–Crippen MR) is 80.9 cm³/mol. The van der Waals surface area contributed by atoms with E-state index in [9.17, 15) is 9.59 Å². The predicted octanol–water partition coefficient (Wildman–Crippen LogP) is 1.07. The van der Waals surface area contributed by atoms with Gasteiger partial charge in [-0.15, -0.1) is 12.4 Å². The lowest BCUT2D eigenvalue weighted by atomic mass is 10.0. The highest BCUT2D eigenvalue weighted by atomic mass is 35.5. The molecule has 2 aliphatic heterocycles. The summed E-state index contributed by atoms with van der Waals surface area (Å²) in [5, 5.41) is 6.37. The topological polar surface area (TPSA) is 61.4 Å². The van der Waals surface area contributed by atoms with E-state index in [2.05, 4.69) is 10.6 Å². The molecule has 116 valence electrons. The van der Waals surface area contributed by atoms with Crippen molar-refractivity contribution in [3.63, 3.8) is 0 Å². The number of carbonyl (C=O) groups is 2. The van der Waals surface area contributed by atoms with Crippen LogP contribution in [0.1, 0.15) is 45.4 Å². The highest BCUT2D eigenvalue weighted by Gasteiger charge is 2.31. The van der Waals surface area contributed by atoms with Gasteiger partial charge in [-0.05, 0) is 38.6 Å². The number of hydrogen-bond acceptors (Lipinski definition) is 3. The molecule has 2 aliphatic rings. The van der Waals surface area contributed by atoms with Crippen LogP contribution in [0.5, 0.6) is 0 Å². The summed E-state index contributed by atoms with van der Waals surface area (Å²) < 4.78 is 0. The zero-order valence-corrected chi connectivity index (χ0v) is 13.0. The minimum Gasteiger partial charge on any atom is -0.353 e. The standard InChI is InChI=1S/C14H25N3O2.ClH/c1-2-13(18)17-9-4-3-7-12(17)14(19)16-10-11-6-5-8-15-11;/h11-12,15H,2-10H2,1H3,(H,16,19);1H. The van der Waals surface area contributed by atoms with Crippen LogP contribution in [0, 0.1) is 0 Å². The summed E-state index contributed by atoms with van der Waals surface area (Å²) in [5.41, 5.74) is 0. The molecule has 0 aromatic heterocycles. The third-order valence-electron chi connectivity index (χ3n) is 4.11. The fourth-order valence-electron chi connectivity index (χ4n) is 2.98. The summed E-state index contributed by atoms with van der Waals surface area (Å²) in [6.07, 6.45) is 5.64. The molecule has 2 unspecified atom stereocenters. The summed E-state index contributed by atoms with van der Waals surface area (Å²) in [4.78, 5) is 25.9. The molecule has 2 atom stereocenters. The molecule has 2 N–H and O–H groups in total. The smallest absolute Gasteiger partial charge is 0.242 e. The van der Waals surface area contributed by atoms with Gasteiger partial charge >= 0.3 is 0 Å². The zero-order valence-electron chi connectivity index (χ0n) is 12.2. The second kappa shape index (κ2) is 8.47. The number of likely N-dealkylation sites (tertiary alicyclic amines) is 1. The van der Waals surface area contributed by atoms with Crippen LogP contribution in [-0.2, 0) is 9.59 Å². The van der Waals surface area contributed by atoms with Gasteiger partial charge in [0.15, 0.2) is 0 Å². The normalized spacial score (nSPS) is 25.9. The molecule has 2 fully saturated rings. The quantitative estimate of drug-likeness (QED) is 0.816. The molecular formula is C14H26ClN3O2. The molecule has 0 saturated carbocycles. The molecular weight excluding hydrogens is 278 g/mol. The van der Waals surface area contributed by atoms with Crippen molar-refractivity contribution in [1.29, 1.82) is 0 Å². The Hall–Kier alpha value is -0.810. The lowest BCUT2D eigenvalue weighted by Crippen LogP contribution is -2.53. The van der Waals surface area contributed by atoms with E-state index in [0.29, 0.717) is 19.0 Å². The first kappa shape index (κ1) is 17.2. The molecule has 2 rings (SSSR count). The van der Waals surface area contributed by atoms with Crippen molar-refractivity contribution >= 4 is 24.2 Å². The molecule has 2 saturated heterocycles. The Morgan fingerprint density at radius 3 is 2.70 bits per heavy atom. The first-order chi connectivity index (χ1) is 9.22. The summed E-state index contributed by atoms with van der Waals surface area (Å²) >= 11 is 0. The van der Waals surface area contributed by atoms with E-state index < -0.39 is 0 Å². The van der Waals surface area contributed by atoms with Crippen LogP contribution in [0.15, 0.2) is 0 Å². The number of nitrogens with one attached hydrogen (secondary N) is 2. The van der Waals surface area contributed by atoms with E-state index in [1.165, 1.54) is 6.42 Å². The Balaban J connectivity index is 0.00000200. The van der Waals surface area contributed by atoms with E-state index in [1.54, 1.807) is 4.90 Å². The maximum Gasteiger partial charge on any atom is 0.242 e. The number of halogens is 1. The molecule has 0 aromatic carbocycles. The van der Waals surface area contributed by atoms with Gasteiger partial charge in [0.1, 0.15) is 6.04 Å². The average Bonchev–Trinajstić information content (AvgIpc) is 2.97. The Morgan fingerprint density at radius 1 is 1.25 bits per heavy atom. The lowest BCUT2D eigenvalue weighted by molar-refractivity contribution is -0.142. The van der Waals surface area contributed by atoms with Crippen molar-refractivity contribution in [2.45, 2.75) is 57.5 Å². The van der Waals surface area contributed by atoms with Crippen LogP contribution in [0.4, 0.5) is 0 Å². The summed E-state index contributed by atoms with van der Waals surface area (Å²) in [7, 11) is 0. The second-order valence-electron chi connectivity index (χ2n) is 5.49. The van der Waals surface area contributed by atoms with Gasteiger partial charge in [-0.2, -0.15) is 0 Å². The number of amides is 2. The Labute approximate surface area is 127 Å². The number of hydrogen-bond donors (Lipinski definition) is 2. The summed E-state index contributed by atoms with van der Waals surface area (Å²) in [5.74, 6) is 0.119. The van der Waals surface area contributed by atoms with Crippen LogP contribution < -0.4 is 10.6 Å². The third kappa shape index (κ3) is 4.35. The third-order valence-corrected chi connectivity index (χ3v) is 4.11. The van der Waals surface area contributed by atoms with Gasteiger partial charge in [0, 0.05) is 25.6 Å². The van der Waals surface area contributed by atoms with Gasteiger partial charge in [0.2, 0.25) is 11.8 Å². The molecule has 6 heteroatoms. The molecule has 0 bridgehead atoms. The average molecular weight is 304 g/mol. The molecule has 0 radical (unpaired) electrons. The van der Waals surface area contributed by atoms with Crippen molar-refractivity contribution in [2.75, 3.05) is 19.6 Å². The molecule has 0 spiro atoms. The first-order valence-corrected chi connectivity index (χ1v) is 7.53. The van der Waals surface area contributed by atoms with Crippen LogP contribution in [-0.4, -0.2) is 48.4 Å². The van der Waals surface area contributed by atoms with E-state index in [0.717, 1.165) is 38.8 Å². The van der Waals surface area contributed by atoms with Gasteiger partial charge in [-0.25, -0.2) is 0 Å². The minimum atomic E-state index is -0.248. The second-order valence-corrected chi connectivity index (χ2v) is 5.49. The number of piperidine rings is 1. The Bertz CT molecular complexity index is 332. The monoisotopic (exact) mass is 303 g/mol. The molecule has 2 heterocycles. The van der Waals surface area contributed by atoms with E-state index in [-0.39, 0.29) is 30.3 Å².